The lowest BCUT2D eigenvalue weighted by molar-refractivity contribution is 0.0993. The van der Waals surface area contributed by atoms with Gasteiger partial charge in [-0.25, -0.2) is 4.98 Å². The average molecular weight is 387 g/mol. The van der Waals surface area contributed by atoms with Gasteiger partial charge in [0.1, 0.15) is 5.69 Å². The summed E-state index contributed by atoms with van der Waals surface area (Å²) in [5.41, 5.74) is 7.21. The number of carbonyl (C=O) groups excluding carboxylic acids is 1. The van der Waals surface area contributed by atoms with Crippen molar-refractivity contribution in [3.8, 4) is 0 Å². The third kappa shape index (κ3) is 4.75. The van der Waals surface area contributed by atoms with Gasteiger partial charge in [0.25, 0.3) is 5.91 Å². The molecule has 142 valence electrons. The number of nitrogens with two attached hydrogens (primary N) is 1. The molecule has 2 aromatic rings. The van der Waals surface area contributed by atoms with E-state index < -0.39 is 5.91 Å². The average Bonchev–Trinajstić information content (AvgIpc) is 3.19. The van der Waals surface area contributed by atoms with Crippen molar-refractivity contribution in [1.29, 1.82) is 0 Å². The zero-order valence-corrected chi connectivity index (χ0v) is 15.7. The first-order valence-electron chi connectivity index (χ1n) is 8.82. The van der Waals surface area contributed by atoms with Crippen molar-refractivity contribution < 1.29 is 4.79 Å². The summed E-state index contributed by atoms with van der Waals surface area (Å²) >= 11 is 5.94. The summed E-state index contributed by atoms with van der Waals surface area (Å²) in [5, 5.41) is 7.37. The Labute approximate surface area is 163 Å². The van der Waals surface area contributed by atoms with Crippen LogP contribution in [0.25, 0.3) is 6.20 Å². The normalized spacial score (nSPS) is 17.1. The van der Waals surface area contributed by atoms with Crippen LogP contribution < -0.4 is 21.9 Å². The Morgan fingerprint density at radius 1 is 1.48 bits per heavy atom. The summed E-state index contributed by atoms with van der Waals surface area (Å²) in [6, 6.07) is 7.45. The minimum absolute atomic E-state index is 0.230. The van der Waals surface area contributed by atoms with Gasteiger partial charge in [0, 0.05) is 17.8 Å². The fourth-order valence-corrected chi connectivity index (χ4v) is 3.13. The van der Waals surface area contributed by atoms with Gasteiger partial charge in [0.2, 0.25) is 0 Å². The maximum Gasteiger partial charge on any atom is 0.267 e. The Morgan fingerprint density at radius 2 is 2.26 bits per heavy atom. The first-order valence-corrected chi connectivity index (χ1v) is 9.19. The van der Waals surface area contributed by atoms with Gasteiger partial charge in [-0.1, -0.05) is 30.3 Å². The second-order valence-corrected chi connectivity index (χ2v) is 6.85. The van der Waals surface area contributed by atoms with Crippen molar-refractivity contribution in [1.82, 2.24) is 14.9 Å². The molecule has 0 bridgehead atoms. The number of nitrogens with zero attached hydrogens (tertiary/aromatic N) is 3. The fourth-order valence-electron chi connectivity index (χ4n) is 3.00. The Kier molecular flexibility index (Phi) is 6.26. The van der Waals surface area contributed by atoms with Gasteiger partial charge in [-0.05, 0) is 43.1 Å². The minimum Gasteiger partial charge on any atom is -0.367 e. The van der Waals surface area contributed by atoms with Crippen molar-refractivity contribution >= 4 is 29.5 Å². The van der Waals surface area contributed by atoms with Crippen LogP contribution in [-0.4, -0.2) is 35.1 Å². The molecule has 8 heteroatoms. The van der Waals surface area contributed by atoms with Crippen molar-refractivity contribution in [3.05, 3.63) is 58.8 Å². The molecule has 0 aliphatic carbocycles. The molecule has 1 aliphatic heterocycles. The molecule has 2 heterocycles. The first kappa shape index (κ1) is 19.1. The van der Waals surface area contributed by atoms with E-state index in [0.717, 1.165) is 31.6 Å². The summed E-state index contributed by atoms with van der Waals surface area (Å²) in [6.45, 7) is 6.98. The summed E-state index contributed by atoms with van der Waals surface area (Å²) in [6.07, 6.45) is 4.08. The number of carbonyl (C=O) groups is 1. The first-order chi connectivity index (χ1) is 13.1. The number of hydrogen-bond donors (Lipinski definition) is 3. The molecule has 1 unspecified atom stereocenters. The van der Waals surface area contributed by atoms with Gasteiger partial charge in [-0.15, -0.1) is 0 Å². The molecule has 3 rings (SSSR count). The van der Waals surface area contributed by atoms with E-state index in [1.165, 1.54) is 12.4 Å². The van der Waals surface area contributed by atoms with Crippen LogP contribution in [0.3, 0.4) is 0 Å². The number of amides is 1. The van der Waals surface area contributed by atoms with Crippen LogP contribution in [0.15, 0.2) is 42.0 Å². The maximum atomic E-state index is 11.8. The van der Waals surface area contributed by atoms with Gasteiger partial charge >= 0.3 is 0 Å². The molecule has 1 aliphatic rings. The predicted octanol–water partition coefficient (Wildman–Crippen LogP) is 1.86. The van der Waals surface area contributed by atoms with Crippen molar-refractivity contribution in [2.24, 2.45) is 16.6 Å². The van der Waals surface area contributed by atoms with E-state index in [0.29, 0.717) is 28.8 Å². The number of hydrogen-bond acceptors (Lipinski definition) is 5. The van der Waals surface area contributed by atoms with Crippen LogP contribution in [0, 0.1) is 5.92 Å². The van der Waals surface area contributed by atoms with Crippen LogP contribution in [0.1, 0.15) is 22.5 Å². The van der Waals surface area contributed by atoms with E-state index in [1.54, 1.807) is 4.57 Å². The van der Waals surface area contributed by atoms with Crippen molar-refractivity contribution in [2.45, 2.75) is 13.0 Å². The lowest BCUT2D eigenvalue weighted by Gasteiger charge is -2.14. The Morgan fingerprint density at radius 3 is 2.89 bits per heavy atom. The molecule has 7 nitrogen and oxygen atoms in total. The number of primary amides is 1. The van der Waals surface area contributed by atoms with E-state index in [-0.39, 0.29) is 5.69 Å². The lowest BCUT2D eigenvalue weighted by Crippen LogP contribution is -2.31. The maximum absolute atomic E-state index is 11.8. The van der Waals surface area contributed by atoms with Crippen molar-refractivity contribution in [3.63, 3.8) is 0 Å². The van der Waals surface area contributed by atoms with E-state index in [2.05, 4.69) is 27.2 Å². The number of benzene rings is 1. The van der Waals surface area contributed by atoms with Gasteiger partial charge in [-0.2, -0.15) is 0 Å². The molecule has 0 saturated carbocycles. The highest BCUT2D eigenvalue weighted by Crippen LogP contribution is 2.11. The topological polar surface area (TPSA) is 97.3 Å². The molecule has 1 fully saturated rings. The smallest absolute Gasteiger partial charge is 0.267 e. The molecule has 1 amide bonds. The monoisotopic (exact) mass is 386 g/mol. The quantitative estimate of drug-likeness (QED) is 0.676. The zero-order valence-electron chi connectivity index (χ0n) is 15.0. The molecule has 1 atom stereocenters. The SMILES string of the molecule is C=Cn1c(C(N)=O)cnc(NCC2CCNC2)c1=NCc1ccc(Cl)cc1. The van der Waals surface area contributed by atoms with Gasteiger partial charge in [-0.3, -0.25) is 14.4 Å². The molecule has 0 radical (unpaired) electrons. The number of rotatable bonds is 7. The molecule has 4 N–H and O–H groups in total. The summed E-state index contributed by atoms with van der Waals surface area (Å²) < 4.78 is 1.57. The van der Waals surface area contributed by atoms with Gasteiger partial charge in [0.15, 0.2) is 11.3 Å². The highest BCUT2D eigenvalue weighted by molar-refractivity contribution is 6.30. The molecule has 1 aromatic heterocycles. The number of aromatic nitrogens is 2. The third-order valence-corrected chi connectivity index (χ3v) is 4.75. The predicted molar refractivity (Wildman–Crippen MR) is 107 cm³/mol. The second-order valence-electron chi connectivity index (χ2n) is 6.41. The lowest BCUT2D eigenvalue weighted by atomic mass is 10.1. The van der Waals surface area contributed by atoms with Gasteiger partial charge < -0.3 is 16.4 Å². The van der Waals surface area contributed by atoms with Crippen molar-refractivity contribution in [2.75, 3.05) is 25.0 Å². The van der Waals surface area contributed by atoms with Crippen LogP contribution in [0.5, 0.6) is 0 Å². The summed E-state index contributed by atoms with van der Waals surface area (Å²) in [7, 11) is 0. The third-order valence-electron chi connectivity index (χ3n) is 4.50. The van der Waals surface area contributed by atoms with Crippen LogP contribution in [0.2, 0.25) is 5.02 Å². The molecule has 0 spiro atoms. The molecular formula is C19H23ClN6O. The largest absolute Gasteiger partial charge is 0.367 e. The Balaban J connectivity index is 1.95. The van der Waals surface area contributed by atoms with E-state index in [9.17, 15) is 4.79 Å². The van der Waals surface area contributed by atoms with E-state index in [1.807, 2.05) is 24.3 Å². The highest BCUT2D eigenvalue weighted by atomic mass is 35.5. The Hall–Kier alpha value is -2.64. The summed E-state index contributed by atoms with van der Waals surface area (Å²) in [4.78, 5) is 20.8. The number of halogens is 1. The highest BCUT2D eigenvalue weighted by Gasteiger charge is 2.16. The zero-order chi connectivity index (χ0) is 19.2. The fraction of sp³-hybridized carbons (Fsp3) is 0.316. The summed E-state index contributed by atoms with van der Waals surface area (Å²) in [5.74, 6) is 0.543. The standard InChI is InChI=1S/C19H23ClN6O/c1-2-26-16(17(21)27)12-24-18(23-11-14-7-8-22-9-14)19(26)25-10-13-3-5-15(20)6-4-13/h2-6,12,14,22H,1,7-11H2,(H2,21,27)(H,23,24). The Bertz CT molecular complexity index is 884. The van der Waals surface area contributed by atoms with Gasteiger partial charge in [0.05, 0.1) is 12.7 Å². The molecule has 1 saturated heterocycles. The molecular weight excluding hydrogens is 364 g/mol. The number of nitrogens with one attached hydrogen (secondary N) is 2. The van der Waals surface area contributed by atoms with Crippen LogP contribution >= 0.6 is 11.6 Å². The van der Waals surface area contributed by atoms with Crippen LogP contribution in [0.4, 0.5) is 5.82 Å². The second kappa shape index (κ2) is 8.83. The molecule has 27 heavy (non-hydrogen) atoms. The van der Waals surface area contributed by atoms with Crippen LogP contribution in [-0.2, 0) is 6.54 Å². The minimum atomic E-state index is -0.586. The van der Waals surface area contributed by atoms with E-state index in [4.69, 9.17) is 17.3 Å². The molecule has 1 aromatic carbocycles. The number of anilines is 1. The van der Waals surface area contributed by atoms with E-state index >= 15 is 0 Å².